The summed E-state index contributed by atoms with van der Waals surface area (Å²) in [6.07, 6.45) is 1.08. The van der Waals surface area contributed by atoms with Crippen molar-refractivity contribution in [1.29, 1.82) is 0 Å². The lowest BCUT2D eigenvalue weighted by Gasteiger charge is -2.09. The largest absolute Gasteiger partial charge is 0.468 e. The van der Waals surface area contributed by atoms with Crippen LogP contribution in [0.4, 0.5) is 0 Å². The van der Waals surface area contributed by atoms with E-state index in [0.717, 1.165) is 17.8 Å². The normalized spacial score (nSPS) is 12.6. The smallest absolute Gasteiger partial charge is 0.323 e. The molecule has 0 saturated heterocycles. The lowest BCUT2D eigenvalue weighted by atomic mass is 10.1. The van der Waals surface area contributed by atoms with Crippen LogP contribution in [0.15, 0.2) is 0 Å². The molecule has 0 bridgehead atoms. The molecule has 0 aliphatic rings. The summed E-state index contributed by atoms with van der Waals surface area (Å²) in [5.41, 5.74) is 7.25. The van der Waals surface area contributed by atoms with Crippen molar-refractivity contribution in [2.24, 2.45) is 12.8 Å². The highest BCUT2D eigenvalue weighted by molar-refractivity contribution is 6.31. The highest BCUT2D eigenvalue weighted by atomic mass is 35.5. The second-order valence-corrected chi connectivity index (χ2v) is 3.90. The number of esters is 1. The molecular formula is C10H16ClN3O2. The van der Waals surface area contributed by atoms with Crippen molar-refractivity contribution >= 4 is 17.6 Å². The summed E-state index contributed by atoms with van der Waals surface area (Å²) >= 11 is 6.13. The van der Waals surface area contributed by atoms with Crippen molar-refractivity contribution in [3.63, 3.8) is 0 Å². The maximum absolute atomic E-state index is 11.2. The third-order valence-electron chi connectivity index (χ3n) is 2.42. The Morgan fingerprint density at radius 2 is 2.31 bits per heavy atom. The van der Waals surface area contributed by atoms with Gasteiger partial charge in [0.2, 0.25) is 0 Å². The first-order chi connectivity index (χ1) is 7.51. The lowest BCUT2D eigenvalue weighted by Crippen LogP contribution is -2.34. The second-order valence-electron chi connectivity index (χ2n) is 3.52. The molecule has 0 aliphatic carbocycles. The Labute approximate surface area is 99.5 Å². The minimum atomic E-state index is -0.706. The summed E-state index contributed by atoms with van der Waals surface area (Å²) in [4.78, 5) is 11.2. The fourth-order valence-electron chi connectivity index (χ4n) is 1.48. The van der Waals surface area contributed by atoms with E-state index in [0.29, 0.717) is 11.4 Å². The van der Waals surface area contributed by atoms with Crippen molar-refractivity contribution in [2.75, 3.05) is 7.11 Å². The van der Waals surface area contributed by atoms with E-state index in [1.54, 1.807) is 11.7 Å². The predicted octanol–water partition coefficient (Wildman–Crippen LogP) is 0.679. The molecule has 0 saturated carbocycles. The lowest BCUT2D eigenvalue weighted by molar-refractivity contribution is -0.142. The number of ether oxygens (including phenoxy) is 1. The summed E-state index contributed by atoms with van der Waals surface area (Å²) in [6.45, 7) is 1.97. The molecule has 0 radical (unpaired) electrons. The molecule has 1 atom stereocenters. The van der Waals surface area contributed by atoms with Crippen LogP contribution in [0.3, 0.4) is 0 Å². The van der Waals surface area contributed by atoms with Gasteiger partial charge in [0.25, 0.3) is 0 Å². The zero-order chi connectivity index (χ0) is 12.3. The van der Waals surface area contributed by atoms with Crippen LogP contribution in [0.1, 0.15) is 18.3 Å². The Balaban J connectivity index is 2.89. The maximum Gasteiger partial charge on any atom is 0.323 e. The average molecular weight is 246 g/mol. The number of rotatable bonds is 4. The Kier molecular flexibility index (Phi) is 4.32. The number of halogens is 1. The van der Waals surface area contributed by atoms with Gasteiger partial charge >= 0.3 is 5.97 Å². The average Bonchev–Trinajstić information content (AvgIpc) is 2.55. The van der Waals surface area contributed by atoms with Crippen LogP contribution in [-0.4, -0.2) is 28.9 Å². The third kappa shape index (κ3) is 2.54. The summed E-state index contributed by atoms with van der Waals surface area (Å²) in [7, 11) is 3.09. The van der Waals surface area contributed by atoms with Crippen LogP contribution in [0.2, 0.25) is 5.02 Å². The number of methoxy groups -OCH3 is 1. The van der Waals surface area contributed by atoms with E-state index in [1.165, 1.54) is 7.11 Å². The van der Waals surface area contributed by atoms with Crippen LogP contribution in [0.25, 0.3) is 0 Å². The van der Waals surface area contributed by atoms with Crippen molar-refractivity contribution in [3.05, 3.63) is 16.4 Å². The number of carbonyl (C=O) groups excluding carboxylic acids is 1. The van der Waals surface area contributed by atoms with Gasteiger partial charge < -0.3 is 10.5 Å². The van der Waals surface area contributed by atoms with Crippen molar-refractivity contribution in [2.45, 2.75) is 25.8 Å². The van der Waals surface area contributed by atoms with E-state index in [-0.39, 0.29) is 0 Å². The first-order valence-electron chi connectivity index (χ1n) is 5.04. The Morgan fingerprint density at radius 1 is 1.69 bits per heavy atom. The predicted molar refractivity (Wildman–Crippen MR) is 61.3 cm³/mol. The first-order valence-corrected chi connectivity index (χ1v) is 5.42. The van der Waals surface area contributed by atoms with E-state index >= 15 is 0 Å². The van der Waals surface area contributed by atoms with E-state index in [1.807, 2.05) is 6.92 Å². The SMILES string of the molecule is CCc1nn(C)c(CC(N)C(=O)OC)c1Cl. The molecule has 1 heterocycles. The van der Waals surface area contributed by atoms with Crippen LogP contribution in [0, 0.1) is 0 Å². The fraction of sp³-hybridized carbons (Fsp3) is 0.600. The van der Waals surface area contributed by atoms with Gasteiger partial charge in [-0.2, -0.15) is 5.10 Å². The molecule has 1 aromatic heterocycles. The zero-order valence-corrected chi connectivity index (χ0v) is 10.4. The van der Waals surface area contributed by atoms with Crippen LogP contribution < -0.4 is 5.73 Å². The highest BCUT2D eigenvalue weighted by Crippen LogP contribution is 2.21. The second kappa shape index (κ2) is 5.32. The molecule has 1 rings (SSSR count). The summed E-state index contributed by atoms with van der Waals surface area (Å²) in [5, 5.41) is 4.83. The fourth-order valence-corrected chi connectivity index (χ4v) is 1.86. The van der Waals surface area contributed by atoms with Gasteiger partial charge in [-0.05, 0) is 6.42 Å². The summed E-state index contributed by atoms with van der Waals surface area (Å²) in [6, 6.07) is -0.706. The number of aromatic nitrogens is 2. The van der Waals surface area contributed by atoms with Gasteiger partial charge in [0.15, 0.2) is 0 Å². The summed E-state index contributed by atoms with van der Waals surface area (Å²) in [5.74, 6) is -0.449. The monoisotopic (exact) mass is 245 g/mol. The molecule has 0 fully saturated rings. The number of nitrogens with two attached hydrogens (primary N) is 1. The standard InChI is InChI=1S/C10H16ClN3O2/c1-4-7-9(11)8(14(2)13-7)5-6(12)10(15)16-3/h6H,4-5,12H2,1-3H3. The molecule has 0 aliphatic heterocycles. The third-order valence-corrected chi connectivity index (χ3v) is 2.86. The number of carbonyl (C=O) groups is 1. The zero-order valence-electron chi connectivity index (χ0n) is 9.66. The molecule has 90 valence electrons. The first kappa shape index (κ1) is 13.0. The number of nitrogens with zero attached hydrogens (tertiary/aromatic N) is 2. The van der Waals surface area contributed by atoms with Gasteiger partial charge in [0, 0.05) is 13.5 Å². The molecule has 0 amide bonds. The topological polar surface area (TPSA) is 70.1 Å². The Hall–Kier alpha value is -1.07. The Bertz CT molecular complexity index is 390. The van der Waals surface area contributed by atoms with E-state index in [2.05, 4.69) is 9.84 Å². The molecule has 1 unspecified atom stereocenters. The van der Waals surface area contributed by atoms with Gasteiger partial charge in [-0.15, -0.1) is 0 Å². The molecule has 2 N–H and O–H groups in total. The van der Waals surface area contributed by atoms with Crippen LogP contribution >= 0.6 is 11.6 Å². The minimum Gasteiger partial charge on any atom is -0.468 e. The van der Waals surface area contributed by atoms with Gasteiger partial charge in [-0.1, -0.05) is 18.5 Å². The maximum atomic E-state index is 11.2. The quantitative estimate of drug-likeness (QED) is 0.792. The highest BCUT2D eigenvalue weighted by Gasteiger charge is 2.20. The van der Waals surface area contributed by atoms with Crippen molar-refractivity contribution in [3.8, 4) is 0 Å². The number of hydrogen-bond donors (Lipinski definition) is 1. The molecule has 5 nitrogen and oxygen atoms in total. The minimum absolute atomic E-state index is 0.328. The van der Waals surface area contributed by atoms with Crippen LogP contribution in [0.5, 0.6) is 0 Å². The number of hydrogen-bond acceptors (Lipinski definition) is 4. The van der Waals surface area contributed by atoms with Crippen molar-refractivity contribution < 1.29 is 9.53 Å². The van der Waals surface area contributed by atoms with Gasteiger partial charge in [-0.3, -0.25) is 9.48 Å². The number of aryl methyl sites for hydroxylation is 2. The van der Waals surface area contributed by atoms with E-state index in [4.69, 9.17) is 17.3 Å². The molecule has 0 aromatic carbocycles. The molecule has 6 heteroatoms. The molecule has 16 heavy (non-hydrogen) atoms. The molecule has 1 aromatic rings. The van der Waals surface area contributed by atoms with E-state index < -0.39 is 12.0 Å². The molecule has 0 spiro atoms. The van der Waals surface area contributed by atoms with Crippen LogP contribution in [-0.2, 0) is 29.4 Å². The molecular weight excluding hydrogens is 230 g/mol. The van der Waals surface area contributed by atoms with Crippen molar-refractivity contribution in [1.82, 2.24) is 9.78 Å². The van der Waals surface area contributed by atoms with Gasteiger partial charge in [0.05, 0.1) is 23.5 Å². The Morgan fingerprint density at radius 3 is 2.75 bits per heavy atom. The van der Waals surface area contributed by atoms with Gasteiger partial charge in [-0.25, -0.2) is 0 Å². The van der Waals surface area contributed by atoms with E-state index in [9.17, 15) is 4.79 Å². The summed E-state index contributed by atoms with van der Waals surface area (Å²) < 4.78 is 6.22. The van der Waals surface area contributed by atoms with Gasteiger partial charge in [0.1, 0.15) is 6.04 Å².